The van der Waals surface area contributed by atoms with E-state index in [1.165, 1.54) is 16.5 Å². The Morgan fingerprint density at radius 2 is 2.00 bits per heavy atom. The van der Waals surface area contributed by atoms with Gasteiger partial charge in [-0.3, -0.25) is 0 Å². The van der Waals surface area contributed by atoms with E-state index in [-0.39, 0.29) is 6.29 Å². The van der Waals surface area contributed by atoms with E-state index < -0.39 is 0 Å². The van der Waals surface area contributed by atoms with Crippen LogP contribution in [-0.2, 0) is 20.7 Å². The Morgan fingerprint density at radius 3 is 2.81 bits per heavy atom. The molecule has 0 aliphatic carbocycles. The van der Waals surface area contributed by atoms with Crippen molar-refractivity contribution in [2.24, 2.45) is 0 Å². The number of aromatic nitrogens is 1. The fourth-order valence-corrected chi connectivity index (χ4v) is 2.32. The zero-order chi connectivity index (χ0) is 14.9. The van der Waals surface area contributed by atoms with Crippen molar-refractivity contribution in [1.82, 2.24) is 10.5 Å². The lowest BCUT2D eigenvalue weighted by Crippen LogP contribution is -2.20. The first kappa shape index (κ1) is 16.0. The van der Waals surface area contributed by atoms with E-state index in [1.807, 2.05) is 6.07 Å². The molecule has 0 atom stereocenters. The minimum atomic E-state index is -0.139. The molecule has 0 amide bonds. The number of H-pyrrole nitrogens is 1. The van der Waals surface area contributed by atoms with Gasteiger partial charge >= 0.3 is 0 Å². The molecule has 0 aliphatic rings. The summed E-state index contributed by atoms with van der Waals surface area (Å²) in [5.41, 5.74) is 5.49. The van der Waals surface area contributed by atoms with Crippen LogP contribution in [0.5, 0.6) is 0 Å². The van der Waals surface area contributed by atoms with Crippen LogP contribution in [0.3, 0.4) is 0 Å². The van der Waals surface area contributed by atoms with Gasteiger partial charge in [-0.25, -0.2) is 5.48 Å². The highest BCUT2D eigenvalue weighted by Crippen LogP contribution is 2.17. The summed E-state index contributed by atoms with van der Waals surface area (Å²) in [6.45, 7) is 1.44. The number of aromatic amines is 1. The molecule has 5 nitrogen and oxygen atoms in total. The molecule has 1 aromatic carbocycles. The van der Waals surface area contributed by atoms with Crippen LogP contribution in [0.1, 0.15) is 18.4 Å². The standard InChI is InChI=1S/C16H24N2O3/c1-19-16(20-2)8-5-11-21-18-10-9-13-12-17-15-7-4-3-6-14(13)15/h3-4,6-7,12,16-18H,5,8-11H2,1-2H3. The van der Waals surface area contributed by atoms with Crippen molar-refractivity contribution in [3.05, 3.63) is 36.0 Å². The maximum atomic E-state index is 5.41. The first-order chi connectivity index (χ1) is 10.3. The number of hydrogen-bond acceptors (Lipinski definition) is 4. The van der Waals surface area contributed by atoms with Crippen molar-refractivity contribution < 1.29 is 14.3 Å². The molecule has 0 saturated heterocycles. The van der Waals surface area contributed by atoms with Crippen LogP contribution in [0.4, 0.5) is 0 Å². The van der Waals surface area contributed by atoms with Gasteiger partial charge in [0.15, 0.2) is 6.29 Å². The lowest BCUT2D eigenvalue weighted by atomic mass is 10.1. The van der Waals surface area contributed by atoms with Gasteiger partial charge in [0.05, 0.1) is 6.61 Å². The zero-order valence-corrected chi connectivity index (χ0v) is 12.7. The minimum Gasteiger partial charge on any atom is -0.361 e. The number of rotatable bonds is 10. The van der Waals surface area contributed by atoms with Crippen LogP contribution < -0.4 is 5.48 Å². The predicted octanol–water partition coefficient (Wildman–Crippen LogP) is 2.63. The van der Waals surface area contributed by atoms with Crippen LogP contribution >= 0.6 is 0 Å². The highest BCUT2D eigenvalue weighted by molar-refractivity contribution is 5.83. The number of para-hydroxylation sites is 1. The second kappa shape index (κ2) is 8.79. The lowest BCUT2D eigenvalue weighted by molar-refractivity contribution is -0.110. The molecule has 0 bridgehead atoms. The third-order valence-corrected chi connectivity index (χ3v) is 3.49. The molecule has 2 aromatic rings. The van der Waals surface area contributed by atoms with Crippen molar-refractivity contribution in [3.63, 3.8) is 0 Å². The van der Waals surface area contributed by atoms with Gasteiger partial charge in [-0.2, -0.15) is 0 Å². The van der Waals surface area contributed by atoms with Gasteiger partial charge in [-0.05, 0) is 24.5 Å². The van der Waals surface area contributed by atoms with Crippen LogP contribution in [0.2, 0.25) is 0 Å². The molecule has 0 saturated carbocycles. The fourth-order valence-electron chi connectivity index (χ4n) is 2.32. The van der Waals surface area contributed by atoms with E-state index in [0.717, 1.165) is 25.8 Å². The Balaban J connectivity index is 1.60. The summed E-state index contributed by atoms with van der Waals surface area (Å²) >= 11 is 0. The van der Waals surface area contributed by atoms with Crippen molar-refractivity contribution >= 4 is 10.9 Å². The average Bonchev–Trinajstić information content (AvgIpc) is 2.93. The number of hydroxylamine groups is 1. The monoisotopic (exact) mass is 292 g/mol. The summed E-state index contributed by atoms with van der Waals surface area (Å²) in [4.78, 5) is 8.69. The highest BCUT2D eigenvalue weighted by Gasteiger charge is 2.04. The molecule has 0 radical (unpaired) electrons. The van der Waals surface area contributed by atoms with E-state index in [2.05, 4.69) is 34.9 Å². The Morgan fingerprint density at radius 1 is 1.19 bits per heavy atom. The van der Waals surface area contributed by atoms with Gasteiger partial charge in [0.2, 0.25) is 0 Å². The molecule has 0 aliphatic heterocycles. The maximum absolute atomic E-state index is 5.41. The molecular weight excluding hydrogens is 268 g/mol. The SMILES string of the molecule is COC(CCCONCCc1c[nH]c2ccccc12)OC. The minimum absolute atomic E-state index is 0.139. The molecule has 116 valence electrons. The van der Waals surface area contributed by atoms with Gasteiger partial charge in [-0.15, -0.1) is 0 Å². The Kier molecular flexibility index (Phi) is 6.69. The first-order valence-electron chi connectivity index (χ1n) is 7.30. The van der Waals surface area contributed by atoms with Crippen molar-refractivity contribution in [2.45, 2.75) is 25.6 Å². The smallest absolute Gasteiger partial charge is 0.156 e. The number of methoxy groups -OCH3 is 2. The molecule has 21 heavy (non-hydrogen) atoms. The van der Waals surface area contributed by atoms with E-state index in [9.17, 15) is 0 Å². The van der Waals surface area contributed by atoms with Gasteiger partial charge in [0.1, 0.15) is 0 Å². The average molecular weight is 292 g/mol. The Labute approximate surface area is 125 Å². The number of ether oxygens (including phenoxy) is 2. The zero-order valence-electron chi connectivity index (χ0n) is 12.7. The summed E-state index contributed by atoms with van der Waals surface area (Å²) < 4.78 is 10.2. The van der Waals surface area contributed by atoms with E-state index >= 15 is 0 Å². The molecule has 0 unspecified atom stereocenters. The van der Waals surface area contributed by atoms with Crippen LogP contribution in [0.25, 0.3) is 10.9 Å². The summed E-state index contributed by atoms with van der Waals surface area (Å²) in [6.07, 6.45) is 4.58. The summed E-state index contributed by atoms with van der Waals surface area (Å²) in [7, 11) is 3.29. The topological polar surface area (TPSA) is 55.5 Å². The molecule has 0 fully saturated rings. The van der Waals surface area contributed by atoms with Gasteiger partial charge in [0, 0.05) is 44.3 Å². The molecule has 2 rings (SSSR count). The summed E-state index contributed by atoms with van der Waals surface area (Å²) in [5.74, 6) is 0. The number of nitrogens with one attached hydrogen (secondary N) is 2. The second-order valence-corrected chi connectivity index (χ2v) is 4.90. The highest BCUT2D eigenvalue weighted by atomic mass is 16.7. The van der Waals surface area contributed by atoms with Gasteiger partial charge in [0.25, 0.3) is 0 Å². The van der Waals surface area contributed by atoms with Crippen LogP contribution in [0.15, 0.2) is 30.5 Å². The molecule has 5 heteroatoms. The third-order valence-electron chi connectivity index (χ3n) is 3.49. The normalized spacial score (nSPS) is 11.6. The predicted molar refractivity (Wildman–Crippen MR) is 83.0 cm³/mol. The van der Waals surface area contributed by atoms with Crippen LogP contribution in [0, 0.1) is 0 Å². The van der Waals surface area contributed by atoms with Gasteiger partial charge < -0.3 is 19.3 Å². The molecule has 2 N–H and O–H groups in total. The van der Waals surface area contributed by atoms with Gasteiger partial charge in [-0.1, -0.05) is 18.2 Å². The quantitative estimate of drug-likeness (QED) is 0.401. The second-order valence-electron chi connectivity index (χ2n) is 4.90. The largest absolute Gasteiger partial charge is 0.361 e. The number of fused-ring (bicyclic) bond motifs is 1. The third kappa shape index (κ3) is 4.82. The lowest BCUT2D eigenvalue weighted by Gasteiger charge is -2.12. The van der Waals surface area contributed by atoms with Crippen LogP contribution in [-0.4, -0.2) is 38.6 Å². The summed E-state index contributed by atoms with van der Waals surface area (Å²) in [5, 5.41) is 1.28. The van der Waals surface area contributed by atoms with Crippen molar-refractivity contribution in [3.8, 4) is 0 Å². The number of benzene rings is 1. The molecule has 0 spiro atoms. The van der Waals surface area contributed by atoms with Crippen molar-refractivity contribution in [1.29, 1.82) is 0 Å². The van der Waals surface area contributed by atoms with E-state index in [0.29, 0.717) is 6.61 Å². The Hall–Kier alpha value is -1.40. The van der Waals surface area contributed by atoms with E-state index in [1.54, 1.807) is 14.2 Å². The maximum Gasteiger partial charge on any atom is 0.156 e. The molecular formula is C16H24N2O3. The Bertz CT molecular complexity index is 523. The molecule has 1 heterocycles. The summed E-state index contributed by atoms with van der Waals surface area (Å²) in [6, 6.07) is 8.32. The fraction of sp³-hybridized carbons (Fsp3) is 0.500. The molecule has 1 aromatic heterocycles. The van der Waals surface area contributed by atoms with E-state index in [4.69, 9.17) is 14.3 Å². The number of hydrogen-bond donors (Lipinski definition) is 2. The first-order valence-corrected chi connectivity index (χ1v) is 7.30. The van der Waals surface area contributed by atoms with Crippen molar-refractivity contribution in [2.75, 3.05) is 27.4 Å².